The van der Waals surface area contributed by atoms with Crippen molar-refractivity contribution in [2.24, 2.45) is 0 Å². The SMILES string of the molecule is C=CC(=O)Oc1ccc2c(c1)CN(CCCCC)CO2. The highest BCUT2D eigenvalue weighted by molar-refractivity contribution is 5.83. The number of hydrogen-bond donors (Lipinski definition) is 0. The highest BCUT2D eigenvalue weighted by Crippen LogP contribution is 2.29. The van der Waals surface area contributed by atoms with E-state index in [4.69, 9.17) is 9.47 Å². The van der Waals surface area contributed by atoms with Crippen LogP contribution in [0.15, 0.2) is 30.9 Å². The van der Waals surface area contributed by atoms with Crippen LogP contribution < -0.4 is 9.47 Å². The lowest BCUT2D eigenvalue weighted by Gasteiger charge is -2.29. The van der Waals surface area contributed by atoms with E-state index in [0.29, 0.717) is 12.5 Å². The van der Waals surface area contributed by atoms with Crippen LogP contribution in [0.1, 0.15) is 31.7 Å². The Morgan fingerprint density at radius 2 is 2.35 bits per heavy atom. The van der Waals surface area contributed by atoms with Gasteiger partial charge in [-0.3, -0.25) is 4.90 Å². The summed E-state index contributed by atoms with van der Waals surface area (Å²) in [5.74, 6) is 0.962. The standard InChI is InChI=1S/C16H21NO3/c1-3-5-6-9-17-11-13-10-14(20-16(18)4-2)7-8-15(13)19-12-17/h4,7-8,10H,2-3,5-6,9,11-12H2,1H3. The predicted octanol–water partition coefficient (Wildman–Crippen LogP) is 3.12. The summed E-state index contributed by atoms with van der Waals surface area (Å²) in [6, 6.07) is 5.46. The third-order valence-electron chi connectivity index (χ3n) is 3.29. The molecular weight excluding hydrogens is 254 g/mol. The Kier molecular flexibility index (Phi) is 5.18. The number of carbonyl (C=O) groups is 1. The topological polar surface area (TPSA) is 38.8 Å². The monoisotopic (exact) mass is 275 g/mol. The van der Waals surface area contributed by atoms with Gasteiger partial charge in [-0.05, 0) is 24.6 Å². The van der Waals surface area contributed by atoms with E-state index in [-0.39, 0.29) is 0 Å². The summed E-state index contributed by atoms with van der Waals surface area (Å²) in [4.78, 5) is 13.5. The van der Waals surface area contributed by atoms with E-state index in [9.17, 15) is 4.79 Å². The van der Waals surface area contributed by atoms with Crippen LogP contribution in [0.2, 0.25) is 0 Å². The van der Waals surface area contributed by atoms with Gasteiger partial charge in [-0.1, -0.05) is 26.3 Å². The molecule has 20 heavy (non-hydrogen) atoms. The van der Waals surface area contributed by atoms with Gasteiger partial charge in [-0.25, -0.2) is 4.79 Å². The molecule has 1 aliphatic heterocycles. The summed E-state index contributed by atoms with van der Waals surface area (Å²) < 4.78 is 10.9. The van der Waals surface area contributed by atoms with Crippen molar-refractivity contribution in [2.45, 2.75) is 32.7 Å². The largest absolute Gasteiger partial charge is 0.478 e. The summed E-state index contributed by atoms with van der Waals surface area (Å²) in [5.41, 5.74) is 1.06. The molecule has 0 saturated carbocycles. The van der Waals surface area contributed by atoms with E-state index in [1.807, 2.05) is 12.1 Å². The number of hydrogen-bond acceptors (Lipinski definition) is 4. The number of carbonyl (C=O) groups excluding carboxylic acids is 1. The van der Waals surface area contributed by atoms with Crippen LogP contribution in [0.5, 0.6) is 11.5 Å². The van der Waals surface area contributed by atoms with Gasteiger partial charge >= 0.3 is 5.97 Å². The molecule has 0 radical (unpaired) electrons. The van der Waals surface area contributed by atoms with Gasteiger partial charge in [0.25, 0.3) is 0 Å². The van der Waals surface area contributed by atoms with Gasteiger partial charge in [0.1, 0.15) is 18.2 Å². The van der Waals surface area contributed by atoms with Crippen LogP contribution in [0.4, 0.5) is 0 Å². The molecule has 0 fully saturated rings. The summed E-state index contributed by atoms with van der Waals surface area (Å²) in [5, 5.41) is 0. The molecule has 0 amide bonds. The Labute approximate surface area is 120 Å². The molecule has 4 nitrogen and oxygen atoms in total. The first-order valence-electron chi connectivity index (χ1n) is 7.05. The van der Waals surface area contributed by atoms with Gasteiger partial charge in [0.15, 0.2) is 0 Å². The number of nitrogens with zero attached hydrogens (tertiary/aromatic N) is 1. The van der Waals surface area contributed by atoms with Crippen LogP contribution in [-0.2, 0) is 11.3 Å². The van der Waals surface area contributed by atoms with Gasteiger partial charge in [0.2, 0.25) is 0 Å². The van der Waals surface area contributed by atoms with Gasteiger partial charge in [-0.2, -0.15) is 0 Å². The Morgan fingerprint density at radius 3 is 3.10 bits per heavy atom. The number of ether oxygens (including phenoxy) is 2. The normalized spacial score (nSPS) is 14.2. The van der Waals surface area contributed by atoms with Crippen molar-refractivity contribution in [1.82, 2.24) is 4.90 Å². The lowest BCUT2D eigenvalue weighted by atomic mass is 10.1. The molecule has 0 unspecified atom stereocenters. The zero-order chi connectivity index (χ0) is 14.4. The van der Waals surface area contributed by atoms with Crippen LogP contribution >= 0.6 is 0 Å². The smallest absolute Gasteiger partial charge is 0.335 e. The lowest BCUT2D eigenvalue weighted by molar-refractivity contribution is -0.128. The van der Waals surface area contributed by atoms with Crippen LogP contribution in [0.3, 0.4) is 0 Å². The highest BCUT2D eigenvalue weighted by Gasteiger charge is 2.17. The van der Waals surface area contributed by atoms with Crippen molar-refractivity contribution in [3.05, 3.63) is 36.4 Å². The summed E-state index contributed by atoms with van der Waals surface area (Å²) in [7, 11) is 0. The third-order valence-corrected chi connectivity index (χ3v) is 3.29. The zero-order valence-corrected chi connectivity index (χ0v) is 11.9. The van der Waals surface area contributed by atoms with Gasteiger partial charge in [0, 0.05) is 24.7 Å². The molecule has 0 N–H and O–H groups in total. The van der Waals surface area contributed by atoms with E-state index in [0.717, 1.165) is 30.5 Å². The molecule has 1 heterocycles. The lowest BCUT2D eigenvalue weighted by Crippen LogP contribution is -2.32. The maximum Gasteiger partial charge on any atom is 0.335 e. The molecule has 1 aromatic carbocycles. The predicted molar refractivity (Wildman–Crippen MR) is 77.7 cm³/mol. The highest BCUT2D eigenvalue weighted by atomic mass is 16.5. The quantitative estimate of drug-likeness (QED) is 0.346. The Balaban J connectivity index is 2.00. The molecule has 4 heteroatoms. The number of esters is 1. The summed E-state index contributed by atoms with van der Waals surface area (Å²) >= 11 is 0. The fraction of sp³-hybridized carbons (Fsp3) is 0.438. The molecule has 2 rings (SSSR count). The Morgan fingerprint density at radius 1 is 1.50 bits per heavy atom. The molecule has 1 aliphatic rings. The minimum atomic E-state index is -0.443. The molecule has 0 aromatic heterocycles. The Hall–Kier alpha value is -1.81. The van der Waals surface area contributed by atoms with Crippen molar-refractivity contribution in [1.29, 1.82) is 0 Å². The van der Waals surface area contributed by atoms with Crippen molar-refractivity contribution in [2.75, 3.05) is 13.3 Å². The summed E-state index contributed by atoms with van der Waals surface area (Å²) in [6.45, 7) is 8.08. The van der Waals surface area contributed by atoms with Gasteiger partial charge in [0.05, 0.1) is 0 Å². The third kappa shape index (κ3) is 3.84. The van der Waals surface area contributed by atoms with E-state index in [1.54, 1.807) is 6.07 Å². The number of fused-ring (bicyclic) bond motifs is 1. The Bertz CT molecular complexity index is 485. The van der Waals surface area contributed by atoms with E-state index in [2.05, 4.69) is 18.4 Å². The van der Waals surface area contributed by atoms with E-state index < -0.39 is 5.97 Å². The molecule has 108 valence electrons. The van der Waals surface area contributed by atoms with Gasteiger partial charge in [-0.15, -0.1) is 0 Å². The fourth-order valence-corrected chi connectivity index (χ4v) is 2.22. The molecule has 0 saturated heterocycles. The van der Waals surface area contributed by atoms with E-state index in [1.165, 1.54) is 19.3 Å². The average molecular weight is 275 g/mol. The second-order valence-corrected chi connectivity index (χ2v) is 4.93. The second-order valence-electron chi connectivity index (χ2n) is 4.93. The fourth-order valence-electron chi connectivity index (χ4n) is 2.22. The molecule has 0 aliphatic carbocycles. The van der Waals surface area contributed by atoms with Crippen LogP contribution in [0, 0.1) is 0 Å². The number of benzene rings is 1. The minimum Gasteiger partial charge on any atom is -0.478 e. The molecule has 0 bridgehead atoms. The first-order chi connectivity index (χ1) is 9.72. The number of unbranched alkanes of at least 4 members (excludes halogenated alkanes) is 2. The van der Waals surface area contributed by atoms with Crippen molar-refractivity contribution < 1.29 is 14.3 Å². The van der Waals surface area contributed by atoms with Crippen LogP contribution in [-0.4, -0.2) is 24.1 Å². The van der Waals surface area contributed by atoms with Gasteiger partial charge < -0.3 is 9.47 Å². The molecule has 0 atom stereocenters. The summed E-state index contributed by atoms with van der Waals surface area (Å²) in [6.07, 6.45) is 4.79. The van der Waals surface area contributed by atoms with Crippen molar-refractivity contribution in [3.8, 4) is 11.5 Å². The number of rotatable bonds is 6. The van der Waals surface area contributed by atoms with Crippen molar-refractivity contribution in [3.63, 3.8) is 0 Å². The first kappa shape index (κ1) is 14.6. The minimum absolute atomic E-state index is 0.443. The maximum absolute atomic E-state index is 11.2. The van der Waals surface area contributed by atoms with E-state index >= 15 is 0 Å². The second kappa shape index (κ2) is 7.10. The average Bonchev–Trinajstić information content (AvgIpc) is 2.47. The zero-order valence-electron chi connectivity index (χ0n) is 11.9. The van der Waals surface area contributed by atoms with Crippen LogP contribution in [0.25, 0.3) is 0 Å². The first-order valence-corrected chi connectivity index (χ1v) is 7.05. The molecule has 1 aromatic rings. The van der Waals surface area contributed by atoms with Crippen molar-refractivity contribution >= 4 is 5.97 Å². The molecular formula is C16H21NO3. The maximum atomic E-state index is 11.2. The molecule has 0 spiro atoms.